The summed E-state index contributed by atoms with van der Waals surface area (Å²) in [4.78, 5) is 2.54. The van der Waals surface area contributed by atoms with Crippen LogP contribution in [0, 0.1) is 0 Å². The van der Waals surface area contributed by atoms with E-state index in [0.29, 0.717) is 6.61 Å². The molecule has 0 radical (unpaired) electrons. The van der Waals surface area contributed by atoms with E-state index in [1.807, 2.05) is 0 Å². The van der Waals surface area contributed by atoms with Crippen LogP contribution in [0.25, 0.3) is 0 Å². The normalized spacial score (nSPS) is 20.7. The third-order valence-corrected chi connectivity index (χ3v) is 4.37. The molecule has 1 saturated heterocycles. The predicted octanol–water partition coefficient (Wildman–Crippen LogP) is 3.97. The van der Waals surface area contributed by atoms with Crippen molar-refractivity contribution in [3.05, 3.63) is 0 Å². The molecule has 0 bridgehead atoms. The lowest BCUT2D eigenvalue weighted by Gasteiger charge is -2.18. The van der Waals surface area contributed by atoms with Gasteiger partial charge in [-0.25, -0.2) is 0 Å². The van der Waals surface area contributed by atoms with Crippen molar-refractivity contribution in [1.29, 1.82) is 0 Å². The number of likely N-dealkylation sites (tertiary alicyclic amines) is 1. The summed E-state index contributed by atoms with van der Waals surface area (Å²) >= 11 is 0. The Morgan fingerprint density at radius 1 is 0.889 bits per heavy atom. The minimum Gasteiger partial charge on any atom is -0.396 e. The molecule has 0 spiro atoms. The van der Waals surface area contributed by atoms with E-state index in [9.17, 15) is 0 Å². The van der Waals surface area contributed by atoms with Crippen LogP contribution in [0.15, 0.2) is 0 Å². The second-order valence-corrected chi connectivity index (χ2v) is 5.97. The zero-order valence-electron chi connectivity index (χ0n) is 12.4. The summed E-state index contributed by atoms with van der Waals surface area (Å²) in [5, 5.41) is 8.67. The van der Waals surface area contributed by atoms with Crippen molar-refractivity contribution in [3.8, 4) is 0 Å². The van der Waals surface area contributed by atoms with E-state index in [1.165, 1.54) is 77.2 Å². The molecule has 1 atom stereocenters. The van der Waals surface area contributed by atoms with Crippen molar-refractivity contribution in [1.82, 2.24) is 4.90 Å². The molecule has 1 fully saturated rings. The number of aliphatic hydroxyl groups excluding tert-OH is 1. The first kappa shape index (κ1) is 16.0. The molecule has 18 heavy (non-hydrogen) atoms. The molecular formula is C16H33NO. The van der Waals surface area contributed by atoms with Gasteiger partial charge in [-0.15, -0.1) is 0 Å². The maximum absolute atomic E-state index is 8.67. The average Bonchev–Trinajstić information content (AvgIpc) is 2.77. The Balaban J connectivity index is 1.76. The summed E-state index contributed by atoms with van der Waals surface area (Å²) in [6.07, 6.45) is 16.3. The topological polar surface area (TPSA) is 23.5 Å². The van der Waals surface area contributed by atoms with Crippen molar-refractivity contribution >= 4 is 0 Å². The third kappa shape index (κ3) is 7.38. The van der Waals surface area contributed by atoms with Crippen LogP contribution >= 0.6 is 0 Å². The van der Waals surface area contributed by atoms with Crippen molar-refractivity contribution in [3.63, 3.8) is 0 Å². The van der Waals surface area contributed by atoms with Crippen molar-refractivity contribution in [2.45, 2.75) is 83.1 Å². The van der Waals surface area contributed by atoms with Crippen LogP contribution in [-0.4, -0.2) is 36.2 Å². The molecule has 0 aromatic rings. The molecule has 108 valence electrons. The summed E-state index contributed by atoms with van der Waals surface area (Å²) in [5.74, 6) is 0. The fourth-order valence-corrected chi connectivity index (χ4v) is 3.07. The van der Waals surface area contributed by atoms with Crippen molar-refractivity contribution in [2.75, 3.05) is 20.2 Å². The van der Waals surface area contributed by atoms with E-state index in [1.54, 1.807) is 0 Å². The van der Waals surface area contributed by atoms with Gasteiger partial charge in [0.1, 0.15) is 0 Å². The number of nitrogens with zero attached hydrogens (tertiary/aromatic N) is 1. The maximum atomic E-state index is 8.67. The summed E-state index contributed by atoms with van der Waals surface area (Å²) < 4.78 is 0. The Kier molecular flexibility index (Phi) is 9.59. The standard InChI is InChI=1S/C16H33NO/c1-17-14-11-13-16(17)12-9-7-5-3-2-4-6-8-10-15-18/h16,18H,2-15H2,1H3. The minimum atomic E-state index is 0.371. The molecule has 0 amide bonds. The summed E-state index contributed by atoms with van der Waals surface area (Å²) in [6, 6.07) is 0.892. The molecule has 2 heteroatoms. The van der Waals surface area contributed by atoms with Gasteiger partial charge in [0.25, 0.3) is 0 Å². The molecule has 1 N–H and O–H groups in total. The van der Waals surface area contributed by atoms with Gasteiger partial charge < -0.3 is 10.0 Å². The molecule has 1 rings (SSSR count). The first-order valence-corrected chi connectivity index (χ1v) is 8.15. The molecule has 1 heterocycles. The molecule has 1 unspecified atom stereocenters. The Hall–Kier alpha value is -0.0800. The van der Waals surface area contributed by atoms with Gasteiger partial charge in [-0.2, -0.15) is 0 Å². The van der Waals surface area contributed by atoms with Crippen molar-refractivity contribution in [2.24, 2.45) is 0 Å². The van der Waals surface area contributed by atoms with E-state index in [-0.39, 0.29) is 0 Å². The Morgan fingerprint density at radius 3 is 1.94 bits per heavy atom. The Morgan fingerprint density at radius 2 is 1.44 bits per heavy atom. The number of rotatable bonds is 11. The minimum absolute atomic E-state index is 0.371. The van der Waals surface area contributed by atoms with Crippen LogP contribution in [0.2, 0.25) is 0 Å². The number of unbranched alkanes of at least 4 members (excludes halogenated alkanes) is 8. The van der Waals surface area contributed by atoms with Crippen LogP contribution in [0.4, 0.5) is 0 Å². The molecule has 0 aromatic heterocycles. The van der Waals surface area contributed by atoms with E-state index in [4.69, 9.17) is 5.11 Å². The van der Waals surface area contributed by atoms with E-state index < -0.39 is 0 Å². The zero-order valence-corrected chi connectivity index (χ0v) is 12.4. The predicted molar refractivity (Wildman–Crippen MR) is 78.9 cm³/mol. The highest BCUT2D eigenvalue weighted by molar-refractivity contribution is 4.75. The van der Waals surface area contributed by atoms with Gasteiger partial charge in [0.05, 0.1) is 0 Å². The Bertz CT molecular complexity index is 184. The Labute approximate surface area is 114 Å². The maximum Gasteiger partial charge on any atom is 0.0431 e. The van der Waals surface area contributed by atoms with Crippen LogP contribution in [0.1, 0.15) is 77.0 Å². The van der Waals surface area contributed by atoms with Gasteiger partial charge >= 0.3 is 0 Å². The fraction of sp³-hybridized carbons (Fsp3) is 1.00. The smallest absolute Gasteiger partial charge is 0.0431 e. The number of aliphatic hydroxyl groups is 1. The van der Waals surface area contributed by atoms with Crippen LogP contribution in [0.5, 0.6) is 0 Å². The van der Waals surface area contributed by atoms with Gasteiger partial charge in [0.15, 0.2) is 0 Å². The first-order valence-electron chi connectivity index (χ1n) is 8.15. The molecule has 0 aliphatic carbocycles. The highest BCUT2D eigenvalue weighted by Crippen LogP contribution is 2.20. The van der Waals surface area contributed by atoms with E-state index >= 15 is 0 Å². The van der Waals surface area contributed by atoms with Crippen molar-refractivity contribution < 1.29 is 5.11 Å². The third-order valence-electron chi connectivity index (χ3n) is 4.37. The molecule has 2 nitrogen and oxygen atoms in total. The lowest BCUT2D eigenvalue weighted by Crippen LogP contribution is -2.24. The lowest BCUT2D eigenvalue weighted by atomic mass is 10.0. The SMILES string of the molecule is CN1CCCC1CCCCCCCCCCCO. The van der Waals surface area contributed by atoms with Gasteiger partial charge in [-0.05, 0) is 39.3 Å². The number of hydrogen-bond donors (Lipinski definition) is 1. The largest absolute Gasteiger partial charge is 0.396 e. The molecule has 0 saturated carbocycles. The van der Waals surface area contributed by atoms with Gasteiger partial charge in [-0.1, -0.05) is 51.4 Å². The second-order valence-electron chi connectivity index (χ2n) is 5.97. The summed E-state index contributed by atoms with van der Waals surface area (Å²) in [5.41, 5.74) is 0. The van der Waals surface area contributed by atoms with Gasteiger partial charge in [0.2, 0.25) is 0 Å². The van der Waals surface area contributed by atoms with Gasteiger partial charge in [-0.3, -0.25) is 0 Å². The zero-order chi connectivity index (χ0) is 13.1. The quantitative estimate of drug-likeness (QED) is 0.565. The van der Waals surface area contributed by atoms with Crippen LogP contribution in [0.3, 0.4) is 0 Å². The molecule has 1 aliphatic rings. The molecule has 0 aromatic carbocycles. The average molecular weight is 255 g/mol. The van der Waals surface area contributed by atoms with Gasteiger partial charge in [0, 0.05) is 12.6 Å². The van der Waals surface area contributed by atoms with Crippen LogP contribution in [-0.2, 0) is 0 Å². The van der Waals surface area contributed by atoms with E-state index in [2.05, 4.69) is 11.9 Å². The fourth-order valence-electron chi connectivity index (χ4n) is 3.07. The summed E-state index contributed by atoms with van der Waals surface area (Å²) in [7, 11) is 2.28. The molecule has 1 aliphatic heterocycles. The second kappa shape index (κ2) is 10.8. The lowest BCUT2D eigenvalue weighted by molar-refractivity contribution is 0.282. The number of hydrogen-bond acceptors (Lipinski definition) is 2. The first-order chi connectivity index (χ1) is 8.84. The molecular weight excluding hydrogens is 222 g/mol. The van der Waals surface area contributed by atoms with Crippen LogP contribution < -0.4 is 0 Å². The highest BCUT2D eigenvalue weighted by atomic mass is 16.2. The highest BCUT2D eigenvalue weighted by Gasteiger charge is 2.19. The van der Waals surface area contributed by atoms with E-state index in [0.717, 1.165) is 12.5 Å². The monoisotopic (exact) mass is 255 g/mol. The summed E-state index contributed by atoms with van der Waals surface area (Å²) in [6.45, 7) is 1.69.